The minimum atomic E-state index is -0.987. The minimum absolute atomic E-state index is 0.00600. The van der Waals surface area contributed by atoms with Gasteiger partial charge in [0, 0.05) is 24.7 Å². The van der Waals surface area contributed by atoms with Gasteiger partial charge in [-0.05, 0) is 152 Å². The summed E-state index contributed by atoms with van der Waals surface area (Å²) in [4.78, 5) is 119. The van der Waals surface area contributed by atoms with Crippen LogP contribution in [0.25, 0.3) is 22.3 Å². The molecule has 5 N–H and O–H groups in total. The van der Waals surface area contributed by atoms with Crippen LogP contribution in [-0.4, -0.2) is 189 Å². The molecule has 0 aliphatic heterocycles. The van der Waals surface area contributed by atoms with E-state index in [2.05, 4.69) is 68.8 Å². The van der Waals surface area contributed by atoms with Gasteiger partial charge < -0.3 is 44.7 Å². The molecule has 0 fully saturated rings. The van der Waals surface area contributed by atoms with Gasteiger partial charge >= 0.3 is 47.8 Å². The molecule has 0 bridgehead atoms. The van der Waals surface area contributed by atoms with E-state index in [9.17, 15) is 47.9 Å². The van der Waals surface area contributed by atoms with Gasteiger partial charge in [-0.15, -0.1) is 0 Å². The molecule has 8 atom stereocenters. The monoisotopic (exact) mass is 1440 g/mol. The Labute approximate surface area is 614 Å². The first-order valence-corrected chi connectivity index (χ1v) is 36.0. The van der Waals surface area contributed by atoms with E-state index < -0.39 is 47.7 Å². The smallest absolute Gasteiger partial charge is 0.322 e. The van der Waals surface area contributed by atoms with Gasteiger partial charge in [-0.25, -0.2) is 0 Å². The lowest BCUT2D eigenvalue weighted by atomic mass is 9.93. The normalized spacial score (nSPS) is 13.9. The van der Waals surface area contributed by atoms with Gasteiger partial charge in [0.2, 0.25) is 0 Å². The highest BCUT2D eigenvalue weighted by Crippen LogP contribution is 2.46. The molecule has 0 aromatic heterocycles. The summed E-state index contributed by atoms with van der Waals surface area (Å²) in [6.07, 6.45) is 2.61. The lowest BCUT2D eigenvalue weighted by molar-refractivity contribution is -0.154. The number of nitrogens with zero attached hydrogens (tertiary/aromatic N) is 3. The van der Waals surface area contributed by atoms with Crippen LogP contribution in [0.3, 0.4) is 0 Å². The maximum Gasteiger partial charge on any atom is 0.322 e. The van der Waals surface area contributed by atoms with E-state index in [0.29, 0.717) is 44.0 Å². The number of carbonyl (C=O) groups is 10. The van der Waals surface area contributed by atoms with E-state index >= 15 is 0 Å². The Balaban J connectivity index is 0.00000125. The number of Topliss-reactive ketones (excluding diaryl/α,β-unsaturated/α-hetero) is 2. The summed E-state index contributed by atoms with van der Waals surface area (Å²) in [6.45, 7) is 31.3. The molecule has 2 aliphatic carbocycles. The van der Waals surface area contributed by atoms with Crippen molar-refractivity contribution in [3.63, 3.8) is 0 Å². The standard InChI is InChI=1S/C21H22O4.C19H18O4.C14H27NO3.C12H23NO3.C8H17NO2.C5H11NO2.C2H6/c1-3-24-21(23)14(2)12-20(22)25-13-19-17-10-6-4-8-15(17)16-9-5-7-11-18(16)19;1-12(19(21)22)10-18(20)23-11-17-15-8-4-2-6-13(15)14-7-3-5-9-16(14)17;1-7-18-14(17)11(4)9-13(16)12(15(5)6)8-10(2)3;1-8(2)6-10(13(4)5)11(14)7-9(3)12(15)16;1-6(2)5-7(8(10)11)9(3)4;1-3-8-5(7)4(2)6;1-2/h4-11,14,19H,3,12-13H2,1-2H3;2-9,12,17H,10-11H2,1H3,(H,21,22);10-12H,7-9H2,1-6H3;8-10H,6-7H2,1-5H3,(H,15,16);6-7H,5H2,1-4H3,(H,10,11);4H,3,6H2,1-2H3;1-2H3. The molecule has 8 unspecified atom stereocenters. The predicted molar refractivity (Wildman–Crippen MR) is 403 cm³/mol. The number of hydrogen-bond acceptors (Lipinski definition) is 19. The number of carbonyl (C=O) groups excluding carboxylic acids is 7. The number of carboxylic acid groups (broad SMARTS) is 3. The van der Waals surface area contributed by atoms with Crippen molar-refractivity contribution in [3.8, 4) is 22.3 Å². The second-order valence-electron chi connectivity index (χ2n) is 27.6. The summed E-state index contributed by atoms with van der Waals surface area (Å²) < 4.78 is 25.2. The van der Waals surface area contributed by atoms with Crippen LogP contribution in [0.5, 0.6) is 0 Å². The van der Waals surface area contributed by atoms with Crippen LogP contribution in [0, 0.1) is 41.4 Å². The second-order valence-corrected chi connectivity index (χ2v) is 27.6. The summed E-state index contributed by atoms with van der Waals surface area (Å²) in [5.74, 6) is -5.13. The van der Waals surface area contributed by atoms with Gasteiger partial charge in [-0.2, -0.15) is 0 Å². The Morgan fingerprint density at radius 2 is 0.621 bits per heavy atom. The average molecular weight is 1440 g/mol. The number of hydrogen-bond donors (Lipinski definition) is 4. The van der Waals surface area contributed by atoms with Crippen LogP contribution in [0.1, 0.15) is 190 Å². The topological polar surface area (TPSA) is 313 Å². The molecular formula is C81H124N4O18. The molecule has 0 spiro atoms. The zero-order valence-corrected chi connectivity index (χ0v) is 65.6. The number of nitrogens with two attached hydrogens (primary N) is 1. The molecule has 22 nitrogen and oxygen atoms in total. The maximum absolute atomic E-state index is 12.2. The number of carboxylic acids is 3. The van der Waals surface area contributed by atoms with Crippen molar-refractivity contribution in [2.45, 2.75) is 192 Å². The zero-order valence-electron chi connectivity index (χ0n) is 65.6. The number of esters is 5. The third-order valence-corrected chi connectivity index (χ3v) is 16.6. The SMILES string of the molecule is CC.CC(C)CC(C(=O)CC(C)C(=O)O)N(C)C.CC(C)CC(C(=O)O)N(C)C.CC(CC(=O)OCC1c2ccccc2-c2ccccc21)C(=O)O.CCOC(=O)C(C)CC(=O)C(CC(C)C)N(C)C.CCOC(=O)C(C)CC(=O)OCC1c2ccccc2-c2ccccc21.CCOC(=O)C(C)N. The molecule has 0 amide bonds. The molecular weight excluding hydrogens is 1320 g/mol. The minimum Gasteiger partial charge on any atom is -0.481 e. The van der Waals surface area contributed by atoms with Crippen molar-refractivity contribution < 1.29 is 86.9 Å². The number of aliphatic carboxylic acids is 3. The number of fused-ring (bicyclic) bond motifs is 6. The van der Waals surface area contributed by atoms with Crippen molar-refractivity contribution in [2.24, 2.45) is 47.2 Å². The van der Waals surface area contributed by atoms with Gasteiger partial charge in [-0.3, -0.25) is 62.6 Å². The summed E-state index contributed by atoms with van der Waals surface area (Å²) in [5.41, 5.74) is 14.5. The van der Waals surface area contributed by atoms with Gasteiger partial charge in [-0.1, -0.05) is 180 Å². The van der Waals surface area contributed by atoms with Crippen molar-refractivity contribution >= 4 is 59.3 Å². The van der Waals surface area contributed by atoms with Crippen molar-refractivity contribution in [3.05, 3.63) is 119 Å². The number of ether oxygens (including phenoxy) is 5. The zero-order chi connectivity index (χ0) is 79.0. The van der Waals surface area contributed by atoms with Gasteiger partial charge in [0.25, 0.3) is 0 Å². The van der Waals surface area contributed by atoms with Crippen LogP contribution in [0.15, 0.2) is 97.1 Å². The molecule has 103 heavy (non-hydrogen) atoms. The first kappa shape index (κ1) is 94.8. The second kappa shape index (κ2) is 50.3. The molecule has 0 saturated carbocycles. The first-order chi connectivity index (χ1) is 48.4. The number of rotatable bonds is 32. The van der Waals surface area contributed by atoms with Gasteiger partial charge in [0.05, 0.1) is 68.4 Å². The van der Waals surface area contributed by atoms with Gasteiger partial charge in [0.1, 0.15) is 25.3 Å². The molecule has 2 aliphatic rings. The van der Waals surface area contributed by atoms with Crippen LogP contribution in [0.4, 0.5) is 0 Å². The summed E-state index contributed by atoms with van der Waals surface area (Å²) in [5, 5.41) is 26.4. The van der Waals surface area contributed by atoms with Crippen LogP contribution >= 0.6 is 0 Å². The third-order valence-electron chi connectivity index (χ3n) is 16.6. The quantitative estimate of drug-likeness (QED) is 0.0261. The van der Waals surface area contributed by atoms with Crippen molar-refractivity contribution in [1.29, 1.82) is 0 Å². The highest BCUT2D eigenvalue weighted by Gasteiger charge is 2.33. The number of ketones is 2. The molecule has 0 radical (unpaired) electrons. The largest absolute Gasteiger partial charge is 0.481 e. The maximum atomic E-state index is 12.2. The molecule has 6 rings (SSSR count). The van der Waals surface area contributed by atoms with Crippen LogP contribution < -0.4 is 5.73 Å². The summed E-state index contributed by atoms with van der Waals surface area (Å²) >= 11 is 0. The lowest BCUT2D eigenvalue weighted by Gasteiger charge is -2.25. The molecule has 22 heteroatoms. The van der Waals surface area contributed by atoms with Gasteiger partial charge in [0.15, 0.2) is 11.6 Å². The van der Waals surface area contributed by atoms with E-state index in [-0.39, 0.29) is 110 Å². The van der Waals surface area contributed by atoms with E-state index in [1.54, 1.807) is 67.5 Å². The third kappa shape index (κ3) is 34.8. The predicted octanol–water partition coefficient (Wildman–Crippen LogP) is 13.1. The van der Waals surface area contributed by atoms with E-state index in [0.717, 1.165) is 24.0 Å². The fourth-order valence-corrected chi connectivity index (χ4v) is 11.0. The Kier molecular flexibility index (Phi) is 46.3. The molecule has 4 aromatic rings. The molecule has 4 aromatic carbocycles. The number of benzene rings is 4. The summed E-state index contributed by atoms with van der Waals surface area (Å²) in [7, 11) is 11.1. The highest BCUT2D eigenvalue weighted by molar-refractivity contribution is 5.89. The highest BCUT2D eigenvalue weighted by atomic mass is 16.6. The van der Waals surface area contributed by atoms with Crippen molar-refractivity contribution in [1.82, 2.24) is 14.7 Å². The summed E-state index contributed by atoms with van der Waals surface area (Å²) in [6, 6.07) is 31.5. The van der Waals surface area contributed by atoms with Crippen molar-refractivity contribution in [2.75, 3.05) is 75.3 Å². The average Bonchev–Trinajstić information content (AvgIpc) is 1.63. The molecule has 576 valence electrons. The Bertz CT molecular complexity index is 3160. The molecule has 0 saturated heterocycles. The van der Waals surface area contributed by atoms with Crippen LogP contribution in [-0.2, 0) is 71.6 Å². The fourth-order valence-electron chi connectivity index (χ4n) is 11.0. The Morgan fingerprint density at radius 3 is 0.864 bits per heavy atom. The van der Waals surface area contributed by atoms with E-state index in [1.165, 1.54) is 40.3 Å². The fraction of sp³-hybridized carbons (Fsp3) is 0.580. The van der Waals surface area contributed by atoms with E-state index in [1.807, 2.05) is 126 Å². The van der Waals surface area contributed by atoms with Crippen LogP contribution in [0.2, 0.25) is 0 Å². The lowest BCUT2D eigenvalue weighted by Crippen LogP contribution is -2.38. The number of likely N-dealkylation sites (N-methyl/N-ethyl adjacent to an activating group) is 3. The van der Waals surface area contributed by atoms with E-state index in [4.69, 9.17) is 40.0 Å². The first-order valence-electron chi connectivity index (χ1n) is 36.0. The Morgan fingerprint density at radius 1 is 0.369 bits per heavy atom. The Hall–Kier alpha value is -8.18. The molecule has 0 heterocycles.